The number of para-hydroxylation sites is 1. The third kappa shape index (κ3) is 5.33. The van der Waals surface area contributed by atoms with E-state index in [2.05, 4.69) is 49.7 Å². The molecule has 0 radical (unpaired) electrons. The molecule has 0 bridgehead atoms. The van der Waals surface area contributed by atoms with Crippen LogP contribution >= 0.6 is 15.9 Å². The molecule has 0 atom stereocenters. The van der Waals surface area contributed by atoms with Crippen molar-refractivity contribution in [2.75, 3.05) is 7.05 Å². The summed E-state index contributed by atoms with van der Waals surface area (Å²) in [5.74, 6) is 0.968. The van der Waals surface area contributed by atoms with Crippen LogP contribution in [0.1, 0.15) is 27.2 Å². The van der Waals surface area contributed by atoms with Crippen molar-refractivity contribution in [3.05, 3.63) is 118 Å². The Labute approximate surface area is 239 Å². The van der Waals surface area contributed by atoms with Gasteiger partial charge < -0.3 is 14.1 Å². The van der Waals surface area contributed by atoms with E-state index in [0.717, 1.165) is 50.2 Å². The first-order chi connectivity index (χ1) is 19.6. The summed E-state index contributed by atoms with van der Waals surface area (Å²) in [6.07, 6.45) is 3.05. The summed E-state index contributed by atoms with van der Waals surface area (Å²) < 4.78 is 14.3. The van der Waals surface area contributed by atoms with E-state index in [1.807, 2.05) is 73.8 Å². The lowest BCUT2D eigenvalue weighted by molar-refractivity contribution is 0.0754. The molecule has 40 heavy (non-hydrogen) atoms. The van der Waals surface area contributed by atoms with E-state index >= 15 is 0 Å². The van der Waals surface area contributed by atoms with Crippen LogP contribution in [0, 0.1) is 0 Å². The van der Waals surface area contributed by atoms with E-state index in [9.17, 15) is 4.79 Å². The lowest BCUT2D eigenvalue weighted by Crippen LogP contribution is -2.26. The molecule has 6 aromatic rings. The van der Waals surface area contributed by atoms with Crippen LogP contribution in [-0.2, 0) is 26.1 Å². The topological polar surface area (TPSA) is 86.3 Å². The average Bonchev–Trinajstić information content (AvgIpc) is 3.64. The molecule has 0 aliphatic rings. The SMILES string of the molecule is CN(Cc1ccc2c(Br)c(OCn3cnnn3)ccc2c1)C(=O)c1oc2ccccc2c1CCc1ccccc1. The van der Waals surface area contributed by atoms with Gasteiger partial charge in [-0.2, -0.15) is 4.68 Å². The number of halogens is 1. The predicted molar refractivity (Wildman–Crippen MR) is 156 cm³/mol. The number of tetrazole rings is 1. The third-order valence-corrected chi connectivity index (χ3v) is 7.71. The van der Waals surface area contributed by atoms with Gasteiger partial charge >= 0.3 is 0 Å². The van der Waals surface area contributed by atoms with Crippen molar-refractivity contribution in [3.63, 3.8) is 0 Å². The number of carbonyl (C=O) groups is 1. The lowest BCUT2D eigenvalue weighted by atomic mass is 10.0. The number of ether oxygens (including phenoxy) is 1. The average molecular weight is 596 g/mol. The Balaban J connectivity index is 1.21. The smallest absolute Gasteiger partial charge is 0.289 e. The highest BCUT2D eigenvalue weighted by molar-refractivity contribution is 9.10. The van der Waals surface area contributed by atoms with Gasteiger partial charge in [0.15, 0.2) is 12.5 Å². The van der Waals surface area contributed by atoms with E-state index < -0.39 is 0 Å². The molecule has 0 aliphatic carbocycles. The van der Waals surface area contributed by atoms with Crippen molar-refractivity contribution < 1.29 is 13.9 Å². The normalized spacial score (nSPS) is 11.2. The number of rotatable bonds is 9. The second kappa shape index (κ2) is 11.3. The van der Waals surface area contributed by atoms with Gasteiger partial charge in [0.2, 0.25) is 0 Å². The first-order valence-electron chi connectivity index (χ1n) is 12.9. The highest BCUT2D eigenvalue weighted by atomic mass is 79.9. The van der Waals surface area contributed by atoms with Crippen molar-refractivity contribution in [2.45, 2.75) is 26.1 Å². The molecular weight excluding hydrogens is 570 g/mol. The van der Waals surface area contributed by atoms with Gasteiger partial charge in [-0.15, -0.1) is 5.10 Å². The summed E-state index contributed by atoms with van der Waals surface area (Å²) >= 11 is 3.67. The van der Waals surface area contributed by atoms with E-state index in [-0.39, 0.29) is 12.6 Å². The van der Waals surface area contributed by atoms with Gasteiger partial charge in [-0.1, -0.05) is 66.7 Å². The number of benzene rings is 4. The molecule has 0 N–H and O–H groups in total. The van der Waals surface area contributed by atoms with Crippen LogP contribution in [-0.4, -0.2) is 38.1 Å². The maximum Gasteiger partial charge on any atom is 0.289 e. The minimum absolute atomic E-state index is 0.133. The van der Waals surface area contributed by atoms with Crippen LogP contribution in [0.5, 0.6) is 5.75 Å². The number of furan rings is 1. The molecule has 2 heterocycles. The number of aromatic nitrogens is 4. The van der Waals surface area contributed by atoms with Crippen LogP contribution < -0.4 is 4.74 Å². The molecule has 9 heteroatoms. The summed E-state index contributed by atoms with van der Waals surface area (Å²) in [6, 6.07) is 28.2. The number of amides is 1. The zero-order chi connectivity index (χ0) is 27.5. The fraction of sp³-hybridized carbons (Fsp3) is 0.161. The highest BCUT2D eigenvalue weighted by Crippen LogP contribution is 2.34. The Bertz CT molecular complexity index is 1780. The fourth-order valence-electron chi connectivity index (χ4n) is 4.86. The maximum absolute atomic E-state index is 13.7. The van der Waals surface area contributed by atoms with Crippen molar-refractivity contribution in [3.8, 4) is 5.75 Å². The number of carbonyl (C=O) groups excluding carboxylic acids is 1. The second-order valence-electron chi connectivity index (χ2n) is 9.61. The molecule has 0 saturated heterocycles. The Morgan fingerprint density at radius 1 is 0.950 bits per heavy atom. The van der Waals surface area contributed by atoms with Crippen LogP contribution in [0.2, 0.25) is 0 Å². The monoisotopic (exact) mass is 595 g/mol. The summed E-state index contributed by atoms with van der Waals surface area (Å²) in [7, 11) is 1.81. The van der Waals surface area contributed by atoms with Gasteiger partial charge in [-0.3, -0.25) is 4.79 Å². The molecule has 0 spiro atoms. The molecule has 0 aliphatic heterocycles. The lowest BCUT2D eigenvalue weighted by Gasteiger charge is -2.18. The second-order valence-corrected chi connectivity index (χ2v) is 10.4. The van der Waals surface area contributed by atoms with E-state index in [1.165, 1.54) is 16.6 Å². The van der Waals surface area contributed by atoms with E-state index in [0.29, 0.717) is 18.1 Å². The number of aryl methyl sites for hydroxylation is 2. The van der Waals surface area contributed by atoms with Gasteiger partial charge in [0, 0.05) is 24.5 Å². The number of hydrogen-bond acceptors (Lipinski definition) is 6. The quantitative estimate of drug-likeness (QED) is 0.191. The molecule has 200 valence electrons. The molecule has 0 unspecified atom stereocenters. The van der Waals surface area contributed by atoms with Gasteiger partial charge in [0.1, 0.15) is 17.7 Å². The van der Waals surface area contributed by atoms with Crippen molar-refractivity contribution in [1.29, 1.82) is 0 Å². The first kappa shape index (κ1) is 25.8. The number of fused-ring (bicyclic) bond motifs is 2. The van der Waals surface area contributed by atoms with Crippen molar-refractivity contribution in [1.82, 2.24) is 25.1 Å². The molecule has 0 fully saturated rings. The Kier molecular flexibility index (Phi) is 7.29. The van der Waals surface area contributed by atoms with Crippen molar-refractivity contribution >= 4 is 43.6 Å². The molecular formula is C31H26BrN5O3. The minimum Gasteiger partial charge on any atom is -0.470 e. The summed E-state index contributed by atoms with van der Waals surface area (Å²) in [5, 5.41) is 14.1. The molecule has 2 aromatic heterocycles. The Morgan fingerprint density at radius 2 is 1.77 bits per heavy atom. The highest BCUT2D eigenvalue weighted by Gasteiger charge is 2.23. The molecule has 0 saturated carbocycles. The molecule has 8 nitrogen and oxygen atoms in total. The van der Waals surface area contributed by atoms with E-state index in [1.54, 1.807) is 4.90 Å². The first-order valence-corrected chi connectivity index (χ1v) is 13.7. The fourth-order valence-corrected chi connectivity index (χ4v) is 5.47. The Hall–Kier alpha value is -4.50. The largest absolute Gasteiger partial charge is 0.470 e. The van der Waals surface area contributed by atoms with Crippen LogP contribution in [0.4, 0.5) is 0 Å². The summed E-state index contributed by atoms with van der Waals surface area (Å²) in [4.78, 5) is 15.4. The molecule has 4 aromatic carbocycles. The van der Waals surface area contributed by atoms with E-state index in [4.69, 9.17) is 9.15 Å². The molecule has 1 amide bonds. The molecule has 6 rings (SSSR count). The van der Waals surface area contributed by atoms with Gasteiger partial charge in [0.25, 0.3) is 5.91 Å². The van der Waals surface area contributed by atoms with Crippen LogP contribution in [0.3, 0.4) is 0 Å². The standard InChI is InChI=1S/C31H26BrN5O3/c1-36(18-22-12-14-24-23(17-22)13-16-28(29(24)32)39-20-37-19-33-34-35-37)31(38)30-26(15-11-21-7-3-2-4-8-21)25-9-5-6-10-27(25)40-30/h2-10,12-14,16-17,19H,11,15,18,20H2,1H3. The van der Waals surface area contributed by atoms with Gasteiger partial charge in [-0.05, 0) is 79.3 Å². The summed E-state index contributed by atoms with van der Waals surface area (Å²) in [5.41, 5.74) is 3.93. The van der Waals surface area contributed by atoms with Crippen molar-refractivity contribution in [2.24, 2.45) is 0 Å². The number of nitrogens with zero attached hydrogens (tertiary/aromatic N) is 5. The zero-order valence-electron chi connectivity index (χ0n) is 21.8. The van der Waals surface area contributed by atoms with Crippen LogP contribution in [0.25, 0.3) is 21.7 Å². The minimum atomic E-state index is -0.133. The Morgan fingerprint density at radius 3 is 2.60 bits per heavy atom. The van der Waals surface area contributed by atoms with Gasteiger partial charge in [0.05, 0.1) is 4.47 Å². The zero-order valence-corrected chi connectivity index (χ0v) is 23.4. The maximum atomic E-state index is 13.7. The predicted octanol–water partition coefficient (Wildman–Crippen LogP) is 6.43. The summed E-state index contributed by atoms with van der Waals surface area (Å²) in [6.45, 7) is 0.649. The van der Waals surface area contributed by atoms with Gasteiger partial charge in [-0.25, -0.2) is 0 Å². The third-order valence-electron chi connectivity index (χ3n) is 6.89. The van der Waals surface area contributed by atoms with Crippen LogP contribution in [0.15, 0.2) is 100 Å². The number of hydrogen-bond donors (Lipinski definition) is 0.